The highest BCUT2D eigenvalue weighted by molar-refractivity contribution is 6.18. The normalized spacial score (nSPS) is 23.6. The van der Waals surface area contributed by atoms with Gasteiger partial charge in [0.2, 0.25) is 5.79 Å². The van der Waals surface area contributed by atoms with E-state index >= 15 is 0 Å². The van der Waals surface area contributed by atoms with Crippen molar-refractivity contribution in [1.82, 2.24) is 0 Å². The molecule has 5 heteroatoms. The molecule has 0 amide bonds. The molecule has 1 saturated heterocycles. The Morgan fingerprint density at radius 1 is 1.13 bits per heavy atom. The number of carbonyl (C=O) groups is 1. The lowest BCUT2D eigenvalue weighted by molar-refractivity contribution is -0.162. The van der Waals surface area contributed by atoms with Crippen molar-refractivity contribution in [3.8, 4) is 0 Å². The molecule has 2 aromatic rings. The highest BCUT2D eigenvalue weighted by atomic mass is 35.5. The smallest absolute Gasteiger partial charge is 0.338 e. The number of hydrogen-bond donors (Lipinski definition) is 0. The first kappa shape index (κ1) is 16.0. The van der Waals surface area contributed by atoms with E-state index in [1.165, 1.54) is 0 Å². The van der Waals surface area contributed by atoms with E-state index in [1.807, 2.05) is 36.4 Å². The fraction of sp³-hybridized carbons (Fsp3) is 0.278. The van der Waals surface area contributed by atoms with Crippen LogP contribution in [-0.4, -0.2) is 31.2 Å². The highest BCUT2D eigenvalue weighted by Crippen LogP contribution is 2.35. The van der Waals surface area contributed by atoms with E-state index in [2.05, 4.69) is 0 Å². The van der Waals surface area contributed by atoms with Gasteiger partial charge < -0.3 is 14.2 Å². The lowest BCUT2D eigenvalue weighted by Gasteiger charge is -2.26. The molecule has 2 atom stereocenters. The minimum atomic E-state index is -0.980. The van der Waals surface area contributed by atoms with Crippen molar-refractivity contribution in [2.24, 2.45) is 0 Å². The Balaban J connectivity index is 1.60. The zero-order chi connectivity index (χ0) is 16.1. The summed E-state index contributed by atoms with van der Waals surface area (Å²) in [4.78, 5) is 12.0. The summed E-state index contributed by atoms with van der Waals surface area (Å²) in [7, 11) is 0. The predicted molar refractivity (Wildman–Crippen MR) is 86.4 cm³/mol. The maximum atomic E-state index is 12.0. The Bertz CT molecular complexity index is 647. The van der Waals surface area contributed by atoms with Crippen LogP contribution in [0.4, 0.5) is 0 Å². The second-order valence-electron chi connectivity index (χ2n) is 5.27. The maximum absolute atomic E-state index is 12.0. The zero-order valence-corrected chi connectivity index (χ0v) is 13.2. The molecule has 0 saturated carbocycles. The van der Waals surface area contributed by atoms with E-state index in [4.69, 9.17) is 25.8 Å². The average Bonchev–Trinajstić information content (AvgIpc) is 3.06. The topological polar surface area (TPSA) is 44.8 Å². The molecule has 0 radical (unpaired) electrons. The highest BCUT2D eigenvalue weighted by Gasteiger charge is 2.43. The molecule has 1 fully saturated rings. The summed E-state index contributed by atoms with van der Waals surface area (Å²) in [5, 5.41) is 0. The van der Waals surface area contributed by atoms with Crippen LogP contribution < -0.4 is 0 Å². The second kappa shape index (κ2) is 7.13. The summed E-state index contributed by atoms with van der Waals surface area (Å²) in [6.07, 6.45) is -0.346. The van der Waals surface area contributed by atoms with Gasteiger partial charge in [-0.05, 0) is 12.1 Å². The summed E-state index contributed by atoms with van der Waals surface area (Å²) >= 11 is 6.07. The number of ether oxygens (including phenoxy) is 3. The Morgan fingerprint density at radius 2 is 1.78 bits per heavy atom. The molecule has 23 heavy (non-hydrogen) atoms. The average molecular weight is 333 g/mol. The molecule has 1 unspecified atom stereocenters. The summed E-state index contributed by atoms with van der Waals surface area (Å²) in [5.74, 6) is -1.19. The number of carbonyl (C=O) groups excluding carboxylic acids is 1. The zero-order valence-electron chi connectivity index (χ0n) is 12.5. The molecule has 0 N–H and O–H groups in total. The molecule has 2 aromatic carbocycles. The van der Waals surface area contributed by atoms with Gasteiger partial charge in [0.05, 0.1) is 18.1 Å². The van der Waals surface area contributed by atoms with Gasteiger partial charge in [0.1, 0.15) is 12.7 Å². The molecule has 0 aromatic heterocycles. The van der Waals surface area contributed by atoms with Crippen LogP contribution in [0.1, 0.15) is 15.9 Å². The molecule has 0 bridgehead atoms. The second-order valence-corrected chi connectivity index (χ2v) is 5.54. The molecule has 4 nitrogen and oxygen atoms in total. The molecule has 1 heterocycles. The lowest BCUT2D eigenvalue weighted by atomic mass is 10.1. The van der Waals surface area contributed by atoms with Crippen LogP contribution in [0, 0.1) is 0 Å². The van der Waals surface area contributed by atoms with Crippen molar-refractivity contribution in [2.75, 3.05) is 19.1 Å². The molecule has 1 aliphatic heterocycles. The standard InChI is InChI=1S/C18H17ClO4/c19-13-18(15-9-5-2-6-10-15)22-12-16(23-18)11-21-17(20)14-7-3-1-4-8-14/h1-10,16H,11-13H2/t16-,18?/m1/s1. The Kier molecular flexibility index (Phi) is 4.96. The first-order valence-electron chi connectivity index (χ1n) is 7.39. The fourth-order valence-electron chi connectivity index (χ4n) is 2.46. The van der Waals surface area contributed by atoms with E-state index in [9.17, 15) is 4.79 Å². The van der Waals surface area contributed by atoms with Gasteiger partial charge in [-0.1, -0.05) is 48.5 Å². The first-order valence-corrected chi connectivity index (χ1v) is 7.92. The third-order valence-electron chi connectivity index (χ3n) is 3.66. The maximum Gasteiger partial charge on any atom is 0.338 e. The SMILES string of the molecule is O=C(OC[C@@H]1COC(CCl)(c2ccccc2)O1)c1ccccc1. The van der Waals surface area contributed by atoms with Gasteiger partial charge in [-0.15, -0.1) is 11.6 Å². The summed E-state index contributed by atoms with van der Waals surface area (Å²) in [6.45, 7) is 0.447. The fourth-order valence-corrected chi connectivity index (χ4v) is 2.76. The minimum Gasteiger partial charge on any atom is -0.459 e. The van der Waals surface area contributed by atoms with E-state index in [-0.39, 0.29) is 24.6 Å². The van der Waals surface area contributed by atoms with E-state index < -0.39 is 5.79 Å². The van der Waals surface area contributed by atoms with Crippen LogP contribution in [0.15, 0.2) is 60.7 Å². The van der Waals surface area contributed by atoms with E-state index in [1.54, 1.807) is 24.3 Å². The van der Waals surface area contributed by atoms with Gasteiger partial charge in [0.25, 0.3) is 0 Å². The van der Waals surface area contributed by atoms with Crippen molar-refractivity contribution in [1.29, 1.82) is 0 Å². The van der Waals surface area contributed by atoms with Gasteiger partial charge in [-0.3, -0.25) is 0 Å². The number of hydrogen-bond acceptors (Lipinski definition) is 4. The van der Waals surface area contributed by atoms with Gasteiger partial charge in [0, 0.05) is 5.56 Å². The Hall–Kier alpha value is -1.88. The monoisotopic (exact) mass is 332 g/mol. The molecule has 3 rings (SSSR count). The van der Waals surface area contributed by atoms with Crippen LogP contribution in [-0.2, 0) is 20.0 Å². The number of rotatable bonds is 5. The third kappa shape index (κ3) is 3.55. The molecule has 120 valence electrons. The molecular weight excluding hydrogens is 316 g/mol. The first-order chi connectivity index (χ1) is 11.2. The number of alkyl halides is 1. The number of esters is 1. The predicted octanol–water partition coefficient (Wildman–Crippen LogP) is 3.35. The summed E-state index contributed by atoms with van der Waals surface area (Å²) in [5.41, 5.74) is 1.37. The van der Waals surface area contributed by atoms with Gasteiger partial charge >= 0.3 is 5.97 Å². The summed E-state index contributed by atoms with van der Waals surface area (Å²) in [6, 6.07) is 18.4. The van der Waals surface area contributed by atoms with Crippen molar-refractivity contribution in [2.45, 2.75) is 11.9 Å². The lowest BCUT2D eigenvalue weighted by Crippen LogP contribution is -2.31. The van der Waals surface area contributed by atoms with E-state index in [0.717, 1.165) is 5.56 Å². The molecule has 0 aliphatic carbocycles. The van der Waals surface area contributed by atoms with Crippen molar-refractivity contribution in [3.63, 3.8) is 0 Å². The van der Waals surface area contributed by atoms with Gasteiger partial charge in [0.15, 0.2) is 0 Å². The summed E-state index contributed by atoms with van der Waals surface area (Å²) < 4.78 is 17.0. The molecular formula is C18H17ClO4. The number of halogens is 1. The van der Waals surface area contributed by atoms with Crippen molar-refractivity contribution in [3.05, 3.63) is 71.8 Å². The van der Waals surface area contributed by atoms with Gasteiger partial charge in [-0.2, -0.15) is 0 Å². The van der Waals surface area contributed by atoms with Crippen LogP contribution >= 0.6 is 11.6 Å². The van der Waals surface area contributed by atoms with Crippen LogP contribution in [0.2, 0.25) is 0 Å². The van der Waals surface area contributed by atoms with E-state index in [0.29, 0.717) is 12.2 Å². The third-order valence-corrected chi connectivity index (χ3v) is 4.01. The quantitative estimate of drug-likeness (QED) is 0.622. The molecule has 1 aliphatic rings. The number of benzene rings is 2. The Labute approximate surface area is 139 Å². The van der Waals surface area contributed by atoms with Crippen molar-refractivity contribution >= 4 is 17.6 Å². The van der Waals surface area contributed by atoms with Crippen LogP contribution in [0.3, 0.4) is 0 Å². The van der Waals surface area contributed by atoms with Gasteiger partial charge in [-0.25, -0.2) is 4.79 Å². The van der Waals surface area contributed by atoms with Crippen LogP contribution in [0.25, 0.3) is 0 Å². The van der Waals surface area contributed by atoms with Crippen LogP contribution in [0.5, 0.6) is 0 Å². The largest absolute Gasteiger partial charge is 0.459 e. The Morgan fingerprint density at radius 3 is 2.43 bits per heavy atom. The van der Waals surface area contributed by atoms with Crippen molar-refractivity contribution < 1.29 is 19.0 Å². The minimum absolute atomic E-state index is 0.124. The molecule has 0 spiro atoms.